The normalized spacial score (nSPS) is 18.6. The van der Waals surface area contributed by atoms with Crippen LogP contribution in [0.25, 0.3) is 22.0 Å². The van der Waals surface area contributed by atoms with Crippen LogP contribution in [0.3, 0.4) is 0 Å². The maximum Gasteiger partial charge on any atom is 0.294 e. The first kappa shape index (κ1) is 48.4. The summed E-state index contributed by atoms with van der Waals surface area (Å²) < 4.78 is 120. The summed E-state index contributed by atoms with van der Waals surface area (Å²) >= 11 is 6.75. The van der Waals surface area contributed by atoms with Gasteiger partial charge in [0, 0.05) is 41.4 Å². The number of nitrogens with zero attached hydrogens (tertiary/aromatic N) is 3. The molecule has 3 atom stereocenters. The van der Waals surface area contributed by atoms with Gasteiger partial charge in [-0.1, -0.05) is 23.7 Å². The summed E-state index contributed by atoms with van der Waals surface area (Å²) in [5, 5.41) is 46.5. The number of sulfone groups is 1. The third-order valence-corrected chi connectivity index (χ3v) is 15.5. The number of aryl methyl sites for hydroxylation is 2. The average molecular weight is 964 g/mol. The molecule has 354 valence electrons. The predicted molar refractivity (Wildman–Crippen MR) is 236 cm³/mol. The topological polar surface area (TPSA) is 219 Å². The Morgan fingerprint density at radius 1 is 1.05 bits per heavy atom. The Kier molecular flexibility index (Phi) is 12.9. The number of allylic oxidation sites excluding steroid dienone is 2. The van der Waals surface area contributed by atoms with Crippen LogP contribution in [0.15, 0.2) is 53.7 Å². The number of alkyl halides is 4. The second kappa shape index (κ2) is 17.6. The van der Waals surface area contributed by atoms with Crippen LogP contribution in [0.1, 0.15) is 76.4 Å². The van der Waals surface area contributed by atoms with Crippen LogP contribution >= 0.6 is 11.6 Å². The van der Waals surface area contributed by atoms with Crippen molar-refractivity contribution in [3.8, 4) is 11.1 Å². The average Bonchev–Trinajstić information content (AvgIpc) is 4.15. The molecule has 0 spiro atoms. The molecule has 2 fully saturated rings. The van der Waals surface area contributed by atoms with Gasteiger partial charge in [0.05, 0.1) is 49.9 Å². The van der Waals surface area contributed by atoms with Crippen molar-refractivity contribution >= 4 is 61.7 Å². The molecule has 7 N–H and O–H groups in total. The largest absolute Gasteiger partial charge is 0.408 e. The van der Waals surface area contributed by atoms with Crippen molar-refractivity contribution < 1.29 is 49.4 Å². The minimum absolute atomic E-state index is 0.000703. The number of carbonyl (C=O) groups is 1. The van der Waals surface area contributed by atoms with E-state index in [9.17, 15) is 35.9 Å². The third kappa shape index (κ3) is 9.65. The minimum atomic E-state index is -3.62. The monoisotopic (exact) mass is 963 g/mol. The highest BCUT2D eigenvalue weighted by Crippen LogP contribution is 2.62. The van der Waals surface area contributed by atoms with Gasteiger partial charge in [0.25, 0.3) is 18.4 Å². The molecule has 2 aromatic carbocycles. The standard InChI is InChI=1S/C44H48ClF6N9O5S/c1-42(2,66(63,64)24-7-8-24)13-12-23-6-9-25(26-10-11-29(45)33-36(26)60(5)59-39(33)58-41(54)65-40(53)43(3,4)62)35(56-23)30(16-20-14-21(46)17-22(47)15-20)57-31(61)19-55-37-32(34(52)38(48)49)27-18-28(27)44(37,50)51/h6,9-11,14-15,17,24,27-28,30,38,52-53,55,62H,7-8,12-13,16,18-19H2,1-5H3,(H,57,61)(H2,54,58,59)/t27?,28-,30+/m1/s1. The summed E-state index contributed by atoms with van der Waals surface area (Å²) in [6.45, 7) is 4.95. The van der Waals surface area contributed by atoms with E-state index in [0.29, 0.717) is 41.2 Å². The van der Waals surface area contributed by atoms with Gasteiger partial charge in [-0.3, -0.25) is 36.0 Å². The van der Waals surface area contributed by atoms with Gasteiger partial charge in [0.2, 0.25) is 11.8 Å². The number of pyridine rings is 1. The van der Waals surface area contributed by atoms with Crippen molar-refractivity contribution in [2.75, 3.05) is 11.9 Å². The molecule has 0 aliphatic heterocycles. The number of carbonyl (C=O) groups excluding carboxylic acids is 1. The number of hydrogen-bond acceptors (Lipinski definition) is 11. The van der Waals surface area contributed by atoms with Crippen LogP contribution < -0.4 is 16.0 Å². The van der Waals surface area contributed by atoms with Crippen LogP contribution in [0.2, 0.25) is 5.02 Å². The number of aromatic nitrogens is 3. The van der Waals surface area contributed by atoms with Crippen LogP contribution in [-0.2, 0) is 39.3 Å². The zero-order valence-electron chi connectivity index (χ0n) is 36.4. The molecule has 3 aliphatic carbocycles. The maximum absolute atomic E-state index is 15.4. The van der Waals surface area contributed by atoms with Gasteiger partial charge < -0.3 is 20.5 Å². The second-order valence-corrected chi connectivity index (χ2v) is 21.3. The van der Waals surface area contributed by atoms with Gasteiger partial charge in [-0.2, -0.15) is 13.9 Å². The fourth-order valence-electron chi connectivity index (χ4n) is 8.32. The molecule has 1 amide bonds. The van der Waals surface area contributed by atoms with Crippen molar-refractivity contribution in [1.29, 1.82) is 16.2 Å². The lowest BCUT2D eigenvalue weighted by molar-refractivity contribution is -0.121. The Morgan fingerprint density at radius 3 is 2.32 bits per heavy atom. The Morgan fingerprint density at radius 2 is 1.70 bits per heavy atom. The highest BCUT2D eigenvalue weighted by Gasteiger charge is 2.66. The summed E-state index contributed by atoms with van der Waals surface area (Å²) in [6, 6.07) is 7.11. The fraction of sp³-hybridized carbons (Fsp3) is 0.455. The highest BCUT2D eigenvalue weighted by atomic mass is 35.5. The molecule has 0 radical (unpaired) electrons. The van der Waals surface area contributed by atoms with Crippen molar-refractivity contribution in [3.05, 3.63) is 87.3 Å². The van der Waals surface area contributed by atoms with Crippen molar-refractivity contribution in [3.63, 3.8) is 0 Å². The van der Waals surface area contributed by atoms with Gasteiger partial charge >= 0.3 is 0 Å². The highest BCUT2D eigenvalue weighted by molar-refractivity contribution is 7.93. The van der Waals surface area contributed by atoms with E-state index < -0.39 is 109 Å². The van der Waals surface area contributed by atoms with E-state index in [4.69, 9.17) is 37.5 Å². The molecule has 66 heavy (non-hydrogen) atoms. The number of benzene rings is 2. The van der Waals surface area contributed by atoms with E-state index >= 15 is 8.78 Å². The fourth-order valence-corrected chi connectivity index (χ4v) is 10.6. The Labute approximate surface area is 381 Å². The first-order chi connectivity index (χ1) is 30.7. The lowest BCUT2D eigenvalue weighted by Crippen LogP contribution is -2.41. The Hall–Kier alpha value is -5.54. The molecule has 2 aromatic heterocycles. The van der Waals surface area contributed by atoms with E-state index in [2.05, 4.69) is 21.0 Å². The lowest BCUT2D eigenvalue weighted by Gasteiger charge is -2.26. The second-order valence-electron chi connectivity index (χ2n) is 18.0. The first-order valence-electron chi connectivity index (χ1n) is 20.9. The molecule has 1 unspecified atom stereocenters. The molecular weight excluding hydrogens is 916 g/mol. The molecule has 14 nitrogen and oxygen atoms in total. The summed E-state index contributed by atoms with van der Waals surface area (Å²) in [4.78, 5) is 18.9. The van der Waals surface area contributed by atoms with Crippen LogP contribution in [0, 0.1) is 39.7 Å². The van der Waals surface area contributed by atoms with Crippen molar-refractivity contribution in [2.45, 2.75) is 100 Å². The molecule has 22 heteroatoms. The number of halogens is 7. The van der Waals surface area contributed by atoms with E-state index in [1.807, 2.05) is 0 Å². The van der Waals surface area contributed by atoms with Gasteiger partial charge in [-0.25, -0.2) is 26.0 Å². The zero-order valence-corrected chi connectivity index (χ0v) is 37.9. The number of rotatable bonds is 17. The number of ether oxygens (including phenoxy) is 1. The van der Waals surface area contributed by atoms with Gasteiger partial charge in [-0.15, -0.1) is 0 Å². The smallest absolute Gasteiger partial charge is 0.294 e. The van der Waals surface area contributed by atoms with Crippen molar-refractivity contribution in [1.82, 2.24) is 25.4 Å². The number of hydrogen-bond donors (Lipinski definition) is 7. The Bertz CT molecular complexity index is 2790. The molecule has 2 saturated carbocycles. The van der Waals surface area contributed by atoms with Crippen LogP contribution in [0.4, 0.5) is 32.2 Å². The SMILES string of the molecule is Cn1nc(NC(=N)OC(=N)C(C)(C)O)c2c(Cl)ccc(-c3ccc(CCC(C)(C)S(=O)(=O)C4CC4)nc3[C@H](Cc3cc(F)cc(F)c3)NC(=O)CNC3=C(C(=N)C(F)F)C4C[C@H]4C3(F)F)c21. The molecule has 0 saturated heterocycles. The maximum atomic E-state index is 15.4. The first-order valence-corrected chi connectivity index (χ1v) is 22.8. The van der Waals surface area contributed by atoms with E-state index in [-0.39, 0.29) is 53.2 Å². The molecular formula is C44H48ClF6N9O5S. The zero-order chi connectivity index (χ0) is 48.4. The van der Waals surface area contributed by atoms with E-state index in [1.165, 1.54) is 24.6 Å². The number of fused-ring (bicyclic) bond motifs is 2. The number of aliphatic hydroxyl groups is 1. The summed E-state index contributed by atoms with van der Waals surface area (Å²) in [6.07, 6.45) is -2.40. The summed E-state index contributed by atoms with van der Waals surface area (Å²) in [7, 11) is -1.96. The quantitative estimate of drug-likeness (QED) is 0.0312. The summed E-state index contributed by atoms with van der Waals surface area (Å²) in [5.41, 5.74) is -3.01. The van der Waals surface area contributed by atoms with Gasteiger partial charge in [0.15, 0.2) is 15.7 Å². The number of nitrogens with one attached hydrogen (secondary N) is 6. The predicted octanol–water partition coefficient (Wildman–Crippen LogP) is 7.78. The van der Waals surface area contributed by atoms with Crippen LogP contribution in [0.5, 0.6) is 0 Å². The molecule has 7 rings (SSSR count). The van der Waals surface area contributed by atoms with Crippen LogP contribution in [-0.4, -0.2) is 86.3 Å². The number of amides is 1. The molecule has 0 bridgehead atoms. The van der Waals surface area contributed by atoms with Gasteiger partial charge in [-0.05, 0) is 102 Å². The summed E-state index contributed by atoms with van der Waals surface area (Å²) in [5.74, 6) is -9.38. The Balaban J connectivity index is 1.32. The molecule has 4 aromatic rings. The minimum Gasteiger partial charge on any atom is -0.408 e. The lowest BCUT2D eigenvalue weighted by atomic mass is 9.93. The van der Waals surface area contributed by atoms with Gasteiger partial charge in [0.1, 0.15) is 22.9 Å². The van der Waals surface area contributed by atoms with E-state index in [1.54, 1.807) is 39.1 Å². The molecule has 3 aliphatic rings. The number of anilines is 1. The third-order valence-electron chi connectivity index (χ3n) is 12.1. The van der Waals surface area contributed by atoms with Crippen molar-refractivity contribution in [2.24, 2.45) is 18.9 Å². The molecule has 2 heterocycles. The van der Waals surface area contributed by atoms with E-state index in [0.717, 1.165) is 12.1 Å². The number of amidine groups is 1.